The zero-order chi connectivity index (χ0) is 13.9. The number of carbonyl (C=O) groups is 1. The monoisotopic (exact) mass is 278 g/mol. The van der Waals surface area contributed by atoms with Crippen molar-refractivity contribution in [3.8, 4) is 0 Å². The maximum absolute atomic E-state index is 10.7. The Morgan fingerprint density at radius 3 is 2.80 bits per heavy atom. The summed E-state index contributed by atoms with van der Waals surface area (Å²) in [4.78, 5) is 10.7. The number of aryl methyl sites for hydroxylation is 1. The molecule has 6 nitrogen and oxygen atoms in total. The Morgan fingerprint density at radius 1 is 1.20 bits per heavy atom. The van der Waals surface area contributed by atoms with Crippen LogP contribution in [-0.2, 0) is 11.3 Å². The Morgan fingerprint density at radius 2 is 2.00 bits per heavy atom. The molecule has 3 rings (SSSR count). The summed E-state index contributed by atoms with van der Waals surface area (Å²) in [6.45, 7) is 0.377. The average molecular weight is 278 g/mol. The Hall–Kier alpha value is -1.46. The fourth-order valence-corrected chi connectivity index (χ4v) is 3.97. The van der Waals surface area contributed by atoms with Crippen LogP contribution in [-0.4, -0.2) is 31.3 Å². The van der Waals surface area contributed by atoms with Gasteiger partial charge < -0.3 is 5.11 Å². The van der Waals surface area contributed by atoms with Crippen molar-refractivity contribution < 1.29 is 9.90 Å². The van der Waals surface area contributed by atoms with Crippen LogP contribution in [0, 0.1) is 11.8 Å². The van der Waals surface area contributed by atoms with E-state index in [9.17, 15) is 4.79 Å². The number of fused-ring (bicyclic) bond motifs is 1. The van der Waals surface area contributed by atoms with Crippen LogP contribution in [0.25, 0.3) is 0 Å². The van der Waals surface area contributed by atoms with E-state index in [-0.39, 0.29) is 6.42 Å². The lowest BCUT2D eigenvalue weighted by atomic mass is 9.67. The lowest BCUT2D eigenvalue weighted by Gasteiger charge is -2.38. The first-order valence-electron chi connectivity index (χ1n) is 7.72. The molecule has 110 valence electrons. The summed E-state index contributed by atoms with van der Waals surface area (Å²) in [6, 6.07) is 0. The molecule has 20 heavy (non-hydrogen) atoms. The molecule has 2 aliphatic rings. The molecule has 0 aliphatic heterocycles. The molecular formula is C14H22N4O2. The molecule has 0 saturated heterocycles. The number of carboxylic acids is 1. The number of carboxylic acid groups (broad SMARTS) is 1. The maximum Gasteiger partial charge on any atom is 0.305 e. The highest BCUT2D eigenvalue weighted by molar-refractivity contribution is 5.66. The summed E-state index contributed by atoms with van der Waals surface area (Å²) in [5.41, 5.74) is 0. The average Bonchev–Trinajstić information content (AvgIpc) is 2.93. The van der Waals surface area contributed by atoms with Gasteiger partial charge in [-0.1, -0.05) is 25.7 Å². The molecule has 3 atom stereocenters. The van der Waals surface area contributed by atoms with Crippen molar-refractivity contribution in [1.29, 1.82) is 0 Å². The van der Waals surface area contributed by atoms with Crippen LogP contribution in [0.2, 0.25) is 0 Å². The summed E-state index contributed by atoms with van der Waals surface area (Å²) in [5.74, 6) is 2.24. The highest BCUT2D eigenvalue weighted by atomic mass is 16.4. The normalized spacial score (nSPS) is 29.9. The van der Waals surface area contributed by atoms with Crippen LogP contribution < -0.4 is 0 Å². The minimum atomic E-state index is -0.803. The first-order chi connectivity index (χ1) is 9.74. The molecule has 6 heteroatoms. The van der Waals surface area contributed by atoms with Crippen molar-refractivity contribution >= 4 is 5.97 Å². The summed E-state index contributed by atoms with van der Waals surface area (Å²) in [5, 5.41) is 20.7. The van der Waals surface area contributed by atoms with Gasteiger partial charge in [-0.15, -0.1) is 5.10 Å². The van der Waals surface area contributed by atoms with E-state index in [0.717, 1.165) is 24.1 Å². The second-order valence-electron chi connectivity index (χ2n) is 6.22. The summed E-state index contributed by atoms with van der Waals surface area (Å²) in [7, 11) is 0. The Balaban J connectivity index is 1.67. The van der Waals surface area contributed by atoms with Crippen molar-refractivity contribution in [1.82, 2.24) is 20.2 Å². The van der Waals surface area contributed by atoms with Crippen molar-refractivity contribution in [2.24, 2.45) is 11.8 Å². The number of nitrogens with zero attached hydrogens (tertiary/aromatic N) is 4. The van der Waals surface area contributed by atoms with Gasteiger partial charge in [0, 0.05) is 5.92 Å². The summed E-state index contributed by atoms with van der Waals surface area (Å²) >= 11 is 0. The lowest BCUT2D eigenvalue weighted by molar-refractivity contribution is -0.137. The van der Waals surface area contributed by atoms with Gasteiger partial charge in [0.25, 0.3) is 0 Å². The Labute approximate surface area is 118 Å². The number of hydrogen-bond donors (Lipinski definition) is 1. The topological polar surface area (TPSA) is 80.9 Å². The first kappa shape index (κ1) is 13.5. The molecule has 0 radical (unpaired) electrons. The highest BCUT2D eigenvalue weighted by Gasteiger charge is 2.34. The molecule has 1 N–H and O–H groups in total. The van der Waals surface area contributed by atoms with Gasteiger partial charge >= 0.3 is 5.97 Å². The van der Waals surface area contributed by atoms with E-state index in [4.69, 9.17) is 5.11 Å². The molecule has 1 aromatic heterocycles. The van der Waals surface area contributed by atoms with Crippen LogP contribution in [0.15, 0.2) is 0 Å². The summed E-state index contributed by atoms with van der Waals surface area (Å²) < 4.78 is 1.70. The third kappa shape index (κ3) is 2.83. The van der Waals surface area contributed by atoms with Gasteiger partial charge in [-0.25, -0.2) is 4.68 Å². The smallest absolute Gasteiger partial charge is 0.305 e. The van der Waals surface area contributed by atoms with Crippen molar-refractivity contribution in [3.05, 3.63) is 5.82 Å². The van der Waals surface area contributed by atoms with E-state index in [1.165, 1.54) is 38.5 Å². The molecule has 1 aromatic rings. The van der Waals surface area contributed by atoms with E-state index < -0.39 is 5.97 Å². The second kappa shape index (κ2) is 5.89. The van der Waals surface area contributed by atoms with E-state index in [0.29, 0.717) is 12.5 Å². The molecule has 1 heterocycles. The largest absolute Gasteiger partial charge is 0.481 e. The maximum atomic E-state index is 10.7. The highest BCUT2D eigenvalue weighted by Crippen LogP contribution is 2.45. The number of tetrazole rings is 1. The van der Waals surface area contributed by atoms with Gasteiger partial charge in [0.1, 0.15) is 0 Å². The Kier molecular flexibility index (Phi) is 3.98. The molecule has 0 aromatic carbocycles. The van der Waals surface area contributed by atoms with Crippen LogP contribution in [0.3, 0.4) is 0 Å². The number of aliphatic carboxylic acids is 1. The quantitative estimate of drug-likeness (QED) is 0.913. The van der Waals surface area contributed by atoms with Crippen LogP contribution in [0.1, 0.15) is 63.1 Å². The number of aromatic nitrogens is 4. The summed E-state index contributed by atoms with van der Waals surface area (Å²) in [6.07, 6.45) is 9.17. The van der Waals surface area contributed by atoms with Gasteiger partial charge in [0.2, 0.25) is 0 Å². The fourth-order valence-electron chi connectivity index (χ4n) is 3.97. The fraction of sp³-hybridized carbons (Fsp3) is 0.857. The van der Waals surface area contributed by atoms with E-state index in [1.807, 2.05) is 0 Å². The third-order valence-electron chi connectivity index (χ3n) is 5.00. The van der Waals surface area contributed by atoms with Crippen molar-refractivity contribution in [2.45, 2.75) is 63.8 Å². The van der Waals surface area contributed by atoms with E-state index in [2.05, 4.69) is 15.5 Å². The van der Waals surface area contributed by atoms with Gasteiger partial charge in [-0.2, -0.15) is 0 Å². The van der Waals surface area contributed by atoms with Gasteiger partial charge in [-0.05, 0) is 41.5 Å². The number of hydrogen-bond acceptors (Lipinski definition) is 4. The standard InChI is InChI=1S/C14H22N4O2/c19-13(20)7-8-18-14(15-16-17-18)12-6-5-10-3-1-2-4-11(10)9-12/h10-12H,1-9H2,(H,19,20). The third-order valence-corrected chi connectivity index (χ3v) is 5.00. The van der Waals surface area contributed by atoms with Gasteiger partial charge in [0.05, 0.1) is 13.0 Å². The SMILES string of the molecule is O=C(O)CCn1nnnc1C1CCC2CCCCC2C1. The first-order valence-corrected chi connectivity index (χ1v) is 7.72. The molecular weight excluding hydrogens is 256 g/mol. The van der Waals surface area contributed by atoms with Gasteiger partial charge in [0.15, 0.2) is 5.82 Å². The zero-order valence-corrected chi connectivity index (χ0v) is 11.7. The lowest BCUT2D eigenvalue weighted by Crippen LogP contribution is -2.28. The van der Waals surface area contributed by atoms with Crippen molar-refractivity contribution in [2.75, 3.05) is 0 Å². The second-order valence-corrected chi connectivity index (χ2v) is 6.22. The minimum Gasteiger partial charge on any atom is -0.481 e. The predicted octanol–water partition coefficient (Wildman–Crippen LogP) is 2.22. The van der Waals surface area contributed by atoms with Crippen LogP contribution in [0.5, 0.6) is 0 Å². The van der Waals surface area contributed by atoms with E-state index in [1.54, 1.807) is 4.68 Å². The van der Waals surface area contributed by atoms with Crippen LogP contribution in [0.4, 0.5) is 0 Å². The molecule has 2 fully saturated rings. The van der Waals surface area contributed by atoms with Crippen molar-refractivity contribution in [3.63, 3.8) is 0 Å². The predicted molar refractivity (Wildman–Crippen MR) is 72.1 cm³/mol. The van der Waals surface area contributed by atoms with Gasteiger partial charge in [-0.3, -0.25) is 4.79 Å². The molecule has 3 unspecified atom stereocenters. The molecule has 0 spiro atoms. The zero-order valence-electron chi connectivity index (χ0n) is 11.7. The van der Waals surface area contributed by atoms with E-state index >= 15 is 0 Å². The minimum absolute atomic E-state index is 0.0802. The molecule has 0 amide bonds. The Bertz CT molecular complexity index is 473. The van der Waals surface area contributed by atoms with Crippen LogP contribution >= 0.6 is 0 Å². The molecule has 2 aliphatic carbocycles. The molecule has 0 bridgehead atoms. The molecule has 2 saturated carbocycles. The number of rotatable bonds is 4.